The quantitative estimate of drug-likeness (QED) is 0.412. The molecule has 0 aliphatic carbocycles. The van der Waals surface area contributed by atoms with Gasteiger partial charge in [-0.2, -0.15) is 0 Å². The normalized spacial score (nSPS) is 12.6. The van der Waals surface area contributed by atoms with Crippen LogP contribution in [0.4, 0.5) is 4.39 Å². The summed E-state index contributed by atoms with van der Waals surface area (Å²) in [5.74, 6) is 5.32. The SMILES string of the molecule is CCCCCCCC(NN)c1ccccc1F. The van der Waals surface area contributed by atoms with Gasteiger partial charge in [-0.05, 0) is 12.5 Å². The second-order valence-corrected chi connectivity index (χ2v) is 4.44. The molecule has 0 saturated heterocycles. The Morgan fingerprint density at radius 2 is 1.88 bits per heavy atom. The third-order valence-electron chi connectivity index (χ3n) is 3.08. The van der Waals surface area contributed by atoms with E-state index in [9.17, 15) is 4.39 Å². The average molecular weight is 238 g/mol. The van der Waals surface area contributed by atoms with Gasteiger partial charge in [0.05, 0.1) is 0 Å². The Kier molecular flexibility index (Phi) is 6.82. The van der Waals surface area contributed by atoms with Gasteiger partial charge in [-0.1, -0.05) is 57.2 Å². The molecule has 0 saturated carbocycles. The summed E-state index contributed by atoms with van der Waals surface area (Å²) in [7, 11) is 0. The van der Waals surface area contributed by atoms with E-state index >= 15 is 0 Å². The highest BCUT2D eigenvalue weighted by Gasteiger charge is 2.12. The summed E-state index contributed by atoms with van der Waals surface area (Å²) in [5, 5.41) is 0. The Labute approximate surface area is 103 Å². The van der Waals surface area contributed by atoms with Gasteiger partial charge in [-0.3, -0.25) is 11.3 Å². The van der Waals surface area contributed by atoms with Gasteiger partial charge >= 0.3 is 0 Å². The molecule has 0 bridgehead atoms. The molecule has 0 aliphatic heterocycles. The van der Waals surface area contributed by atoms with E-state index in [1.54, 1.807) is 12.1 Å². The van der Waals surface area contributed by atoms with Crippen LogP contribution in [0.25, 0.3) is 0 Å². The first-order valence-corrected chi connectivity index (χ1v) is 6.50. The van der Waals surface area contributed by atoms with Crippen molar-refractivity contribution in [3.05, 3.63) is 35.6 Å². The molecule has 0 radical (unpaired) electrons. The minimum Gasteiger partial charge on any atom is -0.271 e. The molecule has 1 unspecified atom stereocenters. The minimum absolute atomic E-state index is 0.0715. The van der Waals surface area contributed by atoms with Crippen LogP contribution in [0.5, 0.6) is 0 Å². The van der Waals surface area contributed by atoms with Gasteiger partial charge < -0.3 is 0 Å². The van der Waals surface area contributed by atoms with Crippen LogP contribution < -0.4 is 11.3 Å². The maximum absolute atomic E-state index is 13.6. The van der Waals surface area contributed by atoms with E-state index in [2.05, 4.69) is 12.3 Å². The molecular weight excluding hydrogens is 215 g/mol. The smallest absolute Gasteiger partial charge is 0.128 e. The number of rotatable bonds is 8. The number of benzene rings is 1. The molecule has 0 fully saturated rings. The second-order valence-electron chi connectivity index (χ2n) is 4.44. The van der Waals surface area contributed by atoms with E-state index in [0.29, 0.717) is 5.56 Å². The van der Waals surface area contributed by atoms with Crippen LogP contribution in [-0.4, -0.2) is 0 Å². The van der Waals surface area contributed by atoms with E-state index in [4.69, 9.17) is 5.84 Å². The van der Waals surface area contributed by atoms with Crippen LogP contribution in [0.3, 0.4) is 0 Å². The highest BCUT2D eigenvalue weighted by molar-refractivity contribution is 5.20. The van der Waals surface area contributed by atoms with Gasteiger partial charge in [0.15, 0.2) is 0 Å². The largest absolute Gasteiger partial charge is 0.271 e. The summed E-state index contributed by atoms with van der Waals surface area (Å²) in [6, 6.07) is 6.76. The highest BCUT2D eigenvalue weighted by Crippen LogP contribution is 2.21. The maximum atomic E-state index is 13.6. The molecule has 0 spiro atoms. The Morgan fingerprint density at radius 3 is 2.53 bits per heavy atom. The monoisotopic (exact) mass is 238 g/mol. The summed E-state index contributed by atoms with van der Waals surface area (Å²) in [4.78, 5) is 0. The molecule has 1 rings (SSSR count). The van der Waals surface area contributed by atoms with Crippen molar-refractivity contribution < 1.29 is 4.39 Å². The zero-order chi connectivity index (χ0) is 12.5. The third-order valence-corrected chi connectivity index (χ3v) is 3.08. The van der Waals surface area contributed by atoms with Crippen LogP contribution in [0.15, 0.2) is 24.3 Å². The zero-order valence-corrected chi connectivity index (χ0v) is 10.6. The first-order valence-electron chi connectivity index (χ1n) is 6.50. The predicted molar refractivity (Wildman–Crippen MR) is 69.8 cm³/mol. The molecule has 0 amide bonds. The van der Waals surface area contributed by atoms with Crippen LogP contribution in [0.1, 0.15) is 57.1 Å². The summed E-state index contributed by atoms with van der Waals surface area (Å²) >= 11 is 0. The van der Waals surface area contributed by atoms with Crippen LogP contribution in [0.2, 0.25) is 0 Å². The molecule has 1 aromatic rings. The van der Waals surface area contributed by atoms with Gasteiger partial charge in [0.2, 0.25) is 0 Å². The molecule has 0 aromatic heterocycles. The van der Waals surface area contributed by atoms with E-state index in [0.717, 1.165) is 12.8 Å². The van der Waals surface area contributed by atoms with Crippen molar-refractivity contribution in [3.63, 3.8) is 0 Å². The summed E-state index contributed by atoms with van der Waals surface area (Å²) in [6.07, 6.45) is 6.95. The summed E-state index contributed by atoms with van der Waals surface area (Å²) < 4.78 is 13.6. The lowest BCUT2D eigenvalue weighted by molar-refractivity contribution is 0.459. The Morgan fingerprint density at radius 1 is 1.18 bits per heavy atom. The number of nitrogens with one attached hydrogen (secondary N) is 1. The van der Waals surface area contributed by atoms with Gasteiger partial charge in [0, 0.05) is 11.6 Å². The van der Waals surface area contributed by atoms with Crippen LogP contribution >= 0.6 is 0 Å². The van der Waals surface area contributed by atoms with Gasteiger partial charge in [-0.15, -0.1) is 0 Å². The van der Waals surface area contributed by atoms with Crippen LogP contribution in [-0.2, 0) is 0 Å². The first-order chi connectivity index (χ1) is 8.29. The molecule has 17 heavy (non-hydrogen) atoms. The molecule has 1 atom stereocenters. The molecule has 2 nitrogen and oxygen atoms in total. The molecule has 1 aromatic carbocycles. The number of halogens is 1. The lowest BCUT2D eigenvalue weighted by Gasteiger charge is -2.16. The number of hydrogen-bond donors (Lipinski definition) is 2. The fourth-order valence-electron chi connectivity index (χ4n) is 2.04. The predicted octanol–water partition coefficient (Wildman–Crippen LogP) is 3.69. The van der Waals surface area contributed by atoms with Crippen molar-refractivity contribution >= 4 is 0 Å². The van der Waals surface area contributed by atoms with Crippen molar-refractivity contribution in [2.45, 2.75) is 51.5 Å². The average Bonchev–Trinajstić information content (AvgIpc) is 2.35. The van der Waals surface area contributed by atoms with Crippen molar-refractivity contribution in [1.82, 2.24) is 5.43 Å². The van der Waals surface area contributed by atoms with Crippen molar-refractivity contribution in [2.24, 2.45) is 5.84 Å². The number of hydrogen-bond acceptors (Lipinski definition) is 2. The zero-order valence-electron chi connectivity index (χ0n) is 10.6. The van der Waals surface area contributed by atoms with Gasteiger partial charge in [0.25, 0.3) is 0 Å². The number of unbranched alkanes of at least 4 members (excludes halogenated alkanes) is 4. The van der Waals surface area contributed by atoms with Gasteiger partial charge in [-0.25, -0.2) is 4.39 Å². The van der Waals surface area contributed by atoms with Crippen molar-refractivity contribution in [1.29, 1.82) is 0 Å². The maximum Gasteiger partial charge on any atom is 0.128 e. The van der Waals surface area contributed by atoms with E-state index in [1.165, 1.54) is 31.7 Å². The minimum atomic E-state index is -0.177. The Bertz CT molecular complexity index is 315. The highest BCUT2D eigenvalue weighted by atomic mass is 19.1. The number of hydrazine groups is 1. The number of nitrogens with two attached hydrogens (primary N) is 1. The topological polar surface area (TPSA) is 38.0 Å². The first kappa shape index (κ1) is 14.1. The van der Waals surface area contributed by atoms with Gasteiger partial charge in [0.1, 0.15) is 5.82 Å². The Hall–Kier alpha value is -0.930. The summed E-state index contributed by atoms with van der Waals surface area (Å²) in [5.41, 5.74) is 3.38. The second kappa shape index (κ2) is 8.20. The third kappa shape index (κ3) is 4.84. The standard InChI is InChI=1S/C14H23FN2/c1-2-3-4-5-6-11-14(17-16)12-9-7-8-10-13(12)15/h7-10,14,17H,2-6,11,16H2,1H3. The molecular formula is C14H23FN2. The van der Waals surface area contributed by atoms with E-state index in [1.807, 2.05) is 6.07 Å². The van der Waals surface area contributed by atoms with E-state index < -0.39 is 0 Å². The Balaban J connectivity index is 2.41. The lowest BCUT2D eigenvalue weighted by Crippen LogP contribution is -2.28. The fraction of sp³-hybridized carbons (Fsp3) is 0.571. The molecule has 3 N–H and O–H groups in total. The lowest BCUT2D eigenvalue weighted by atomic mass is 10.00. The molecule has 0 heterocycles. The van der Waals surface area contributed by atoms with Crippen LogP contribution in [0, 0.1) is 5.82 Å². The molecule has 96 valence electrons. The van der Waals surface area contributed by atoms with E-state index in [-0.39, 0.29) is 11.9 Å². The van der Waals surface area contributed by atoms with Crippen molar-refractivity contribution in [2.75, 3.05) is 0 Å². The van der Waals surface area contributed by atoms with Crippen molar-refractivity contribution in [3.8, 4) is 0 Å². The molecule has 3 heteroatoms. The fourth-order valence-corrected chi connectivity index (χ4v) is 2.04. The summed E-state index contributed by atoms with van der Waals surface area (Å²) in [6.45, 7) is 2.20. The molecule has 0 aliphatic rings.